The molecule has 3 aliphatic carbocycles. The fourth-order valence-corrected chi connectivity index (χ4v) is 22.9. The highest BCUT2D eigenvalue weighted by Gasteiger charge is 2.33. The lowest BCUT2D eigenvalue weighted by Gasteiger charge is -2.15. The molecule has 0 N–H and O–H groups in total. The van der Waals surface area contributed by atoms with Crippen molar-refractivity contribution in [2.24, 2.45) is 0 Å². The molecular formula is C125H71N13O. The van der Waals surface area contributed by atoms with E-state index < -0.39 is 0 Å². The van der Waals surface area contributed by atoms with Crippen LogP contribution in [0.1, 0.15) is 0 Å². The number of rotatable bonds is 8. The summed E-state index contributed by atoms with van der Waals surface area (Å²) >= 11 is 0. The molecule has 0 unspecified atom stereocenters. The highest BCUT2D eigenvalue weighted by molar-refractivity contribution is 6.34. The summed E-state index contributed by atoms with van der Waals surface area (Å²) in [5, 5.41) is 18.2. The first-order chi connectivity index (χ1) is 69.0. The van der Waals surface area contributed by atoms with Crippen LogP contribution in [0.2, 0.25) is 0 Å². The number of fused-ring (bicyclic) bond motifs is 17. The lowest BCUT2D eigenvalue weighted by atomic mass is 9.93. The van der Waals surface area contributed by atoms with Crippen molar-refractivity contribution in [2.45, 2.75) is 0 Å². The summed E-state index contributed by atoms with van der Waals surface area (Å²) in [7, 11) is 0. The maximum absolute atomic E-state index is 6.27. The maximum atomic E-state index is 6.27. The van der Waals surface area contributed by atoms with Gasteiger partial charge in [-0.2, -0.15) is 9.97 Å². The number of para-hydroxylation sites is 4. The molecule has 3 aliphatic rings. The molecule has 19 aromatic carbocycles. The number of aromatic nitrogens is 13. The van der Waals surface area contributed by atoms with Crippen molar-refractivity contribution in [3.8, 4) is 135 Å². The van der Waals surface area contributed by atoms with Gasteiger partial charge in [0.25, 0.3) is 0 Å². The molecule has 10 heterocycles. The minimum atomic E-state index is 0.575. The lowest BCUT2D eigenvalue weighted by molar-refractivity contribution is 0.669. The van der Waals surface area contributed by atoms with E-state index in [0.717, 1.165) is 133 Å². The number of nitrogens with zero attached hydrogens (tertiary/aromatic N) is 13. The van der Waals surface area contributed by atoms with E-state index in [0.29, 0.717) is 23.3 Å². The smallest absolute Gasteiger partial charge is 0.238 e. The van der Waals surface area contributed by atoms with Crippen LogP contribution in [-0.2, 0) is 0 Å². The molecule has 0 spiro atoms. The third-order valence-electron chi connectivity index (χ3n) is 28.6. The van der Waals surface area contributed by atoms with Gasteiger partial charge in [-0.1, -0.05) is 309 Å². The molecule has 14 nitrogen and oxygen atoms in total. The van der Waals surface area contributed by atoms with Gasteiger partial charge in [0.1, 0.15) is 27.9 Å². The predicted octanol–water partition coefficient (Wildman–Crippen LogP) is 31.3. The topological polar surface area (TPSA) is 149 Å². The molecule has 29 aromatic rings. The molecule has 0 bridgehead atoms. The Labute approximate surface area is 792 Å². The number of pyridine rings is 2. The molecule has 0 radical (unpaired) electrons. The zero-order chi connectivity index (χ0) is 90.8. The van der Waals surface area contributed by atoms with Crippen LogP contribution in [0.15, 0.2) is 435 Å². The summed E-state index contributed by atoms with van der Waals surface area (Å²) in [4.78, 5) is 46.0. The standard InChI is InChI=1S/C43H24N4O.C42H24N4.C40H23N5/c1-2-11-26(12-3-1)41-44-42(32-19-10-22-36-38(32)31-16-6-7-21-35(31)48-36)46-43(45-41)47-33-20-9-18-30-28-15-5-4-14-27(28)29-17-8-13-25-23-24-34(47)40(37(25)29)39(30)33;1-2-11-26(12-3-1)46-35-23-21-27(24-32(35)41-42(46)44-34-18-7-6-17-33(34)43-41)45-36-19-9-16-31-29-14-5-4-13-28(29)30-15-8-10-25-20-22-37(45)40(38(25)30)39(31)36;1-2-9-24(10-3-1)30-16-8-17-32(42-30)39-40(44-31-21-22-41-23-33(31)43-39)45-34-18-7-15-29-27-13-5-4-12-26(27)28-14-6-11-25-19-20-35(45)38(36(25)28)37(29)34/h1-24H;1-24H;1-23H. The Kier molecular flexibility index (Phi) is 16.4. The quantitative estimate of drug-likeness (QED) is 0.144. The van der Waals surface area contributed by atoms with E-state index in [-0.39, 0.29) is 0 Å². The molecule has 642 valence electrons. The predicted molar refractivity (Wildman–Crippen MR) is 567 cm³/mol. The van der Waals surface area contributed by atoms with Crippen LogP contribution in [0.3, 0.4) is 0 Å². The molecule has 0 aliphatic heterocycles. The molecule has 0 atom stereocenters. The van der Waals surface area contributed by atoms with Gasteiger partial charge in [0.2, 0.25) is 5.95 Å². The SMILES string of the molecule is c1ccc(-c2cccc(-c3nc4cnccc4nc3-n3c4cccc5c4c4c6c(cccc6ccc43)-c3ccccc3-5)n2)cc1.c1ccc(-c2nc(-c3cccc4oc5ccccc5c34)nc(-n3c4cccc5c4c4c6c(cccc6ccc43)-c3ccccc3-5)n2)cc1.c1ccc(-n2c3ccc(-n4c5cccc6c5c5c7c(cccc7ccc54)-c4ccccc4-6)cc3c3nc4ccccc4nc32)cc1. The second kappa shape index (κ2) is 29.7. The molecule has 32 rings (SSSR count). The van der Waals surface area contributed by atoms with E-state index in [9.17, 15) is 0 Å². The van der Waals surface area contributed by atoms with Crippen LogP contribution in [0, 0.1) is 0 Å². The summed E-state index contributed by atoms with van der Waals surface area (Å²) < 4.78 is 15.5. The Morgan fingerprint density at radius 2 is 0.655 bits per heavy atom. The summed E-state index contributed by atoms with van der Waals surface area (Å²) in [5.41, 5.74) is 37.0. The highest BCUT2D eigenvalue weighted by Crippen LogP contribution is 2.55. The van der Waals surface area contributed by atoms with Gasteiger partial charge < -0.3 is 8.98 Å². The van der Waals surface area contributed by atoms with Gasteiger partial charge in [0.05, 0.1) is 72.8 Å². The fourth-order valence-electron chi connectivity index (χ4n) is 22.9. The average Bonchev–Trinajstić information content (AvgIpc) is 1.54. The Morgan fingerprint density at radius 1 is 0.216 bits per heavy atom. The minimum absolute atomic E-state index is 0.575. The zero-order valence-electron chi connectivity index (χ0n) is 74.2. The third-order valence-corrected chi connectivity index (χ3v) is 28.6. The Hall–Kier alpha value is -19.1. The first-order valence-corrected chi connectivity index (χ1v) is 46.9. The maximum Gasteiger partial charge on any atom is 0.238 e. The molecule has 0 amide bonds. The van der Waals surface area contributed by atoms with Crippen molar-refractivity contribution in [1.29, 1.82) is 0 Å². The number of hydrogen-bond acceptors (Lipinski definition) is 10. The van der Waals surface area contributed by atoms with Crippen LogP contribution in [0.4, 0.5) is 0 Å². The zero-order valence-corrected chi connectivity index (χ0v) is 74.2. The van der Waals surface area contributed by atoms with Crippen LogP contribution in [-0.4, -0.2) is 63.1 Å². The van der Waals surface area contributed by atoms with Gasteiger partial charge in [-0.25, -0.2) is 29.9 Å². The van der Waals surface area contributed by atoms with Crippen LogP contribution in [0.25, 0.3) is 299 Å². The largest absolute Gasteiger partial charge is 0.456 e. The van der Waals surface area contributed by atoms with E-state index in [1.807, 2.05) is 115 Å². The second-order valence-corrected chi connectivity index (χ2v) is 36.0. The van der Waals surface area contributed by atoms with E-state index in [1.54, 1.807) is 12.4 Å². The summed E-state index contributed by atoms with van der Waals surface area (Å²) in [6.45, 7) is 0. The number of hydrogen-bond donors (Lipinski definition) is 0. The van der Waals surface area contributed by atoms with E-state index in [2.05, 4.69) is 327 Å². The number of benzene rings is 19. The van der Waals surface area contributed by atoms with Gasteiger partial charge in [-0.05, 0) is 208 Å². The molecular weight excluding hydrogens is 1700 g/mol. The molecule has 0 fully saturated rings. The molecule has 0 saturated carbocycles. The average molecular weight is 1770 g/mol. The van der Waals surface area contributed by atoms with Gasteiger partial charge in [-0.15, -0.1) is 0 Å². The van der Waals surface area contributed by atoms with Crippen LogP contribution in [0.5, 0.6) is 0 Å². The first-order valence-electron chi connectivity index (χ1n) is 46.9. The summed E-state index contributed by atoms with van der Waals surface area (Å²) in [6.07, 6.45) is 3.55. The van der Waals surface area contributed by atoms with Gasteiger partial charge in [0, 0.05) is 82.7 Å². The highest BCUT2D eigenvalue weighted by atomic mass is 16.3. The molecule has 10 aromatic heterocycles. The lowest BCUT2D eigenvalue weighted by Crippen LogP contribution is -2.06. The van der Waals surface area contributed by atoms with E-state index >= 15 is 0 Å². The Bertz CT molecular complexity index is 10400. The Balaban J connectivity index is 0.0000000983. The van der Waals surface area contributed by atoms with E-state index in [4.69, 9.17) is 44.3 Å². The second-order valence-electron chi connectivity index (χ2n) is 36.0. The normalized spacial score (nSPS) is 12.2. The van der Waals surface area contributed by atoms with Gasteiger partial charge >= 0.3 is 0 Å². The monoisotopic (exact) mass is 1770 g/mol. The Morgan fingerprint density at radius 3 is 1.26 bits per heavy atom. The van der Waals surface area contributed by atoms with Gasteiger partial charge in [-0.3, -0.25) is 18.7 Å². The number of furan rings is 1. The molecule has 14 heteroatoms. The van der Waals surface area contributed by atoms with Gasteiger partial charge in [0.15, 0.2) is 23.1 Å². The molecule has 0 saturated heterocycles. The molecule has 139 heavy (non-hydrogen) atoms. The summed E-state index contributed by atoms with van der Waals surface area (Å²) in [6, 6.07) is 148. The van der Waals surface area contributed by atoms with Crippen molar-refractivity contribution in [1.82, 2.24) is 63.1 Å². The van der Waals surface area contributed by atoms with Crippen molar-refractivity contribution in [3.05, 3.63) is 431 Å². The van der Waals surface area contributed by atoms with E-state index in [1.165, 1.54) is 142 Å². The van der Waals surface area contributed by atoms with Crippen molar-refractivity contribution in [3.63, 3.8) is 0 Å². The minimum Gasteiger partial charge on any atom is -0.456 e. The van der Waals surface area contributed by atoms with Crippen LogP contribution >= 0.6 is 0 Å². The first kappa shape index (κ1) is 76.5. The van der Waals surface area contributed by atoms with Crippen molar-refractivity contribution >= 4 is 164 Å². The van der Waals surface area contributed by atoms with Crippen LogP contribution < -0.4 is 0 Å². The fraction of sp³-hybridized carbons (Fsp3) is 0. The summed E-state index contributed by atoms with van der Waals surface area (Å²) in [5.74, 6) is 2.53. The van der Waals surface area contributed by atoms with Crippen molar-refractivity contribution < 1.29 is 4.42 Å². The van der Waals surface area contributed by atoms with Crippen molar-refractivity contribution in [2.75, 3.05) is 0 Å². The third kappa shape index (κ3) is 11.3.